The number of nitriles is 1. The van der Waals surface area contributed by atoms with Gasteiger partial charge in [0.2, 0.25) is 11.9 Å². The molecule has 0 saturated heterocycles. The molecular weight excluding hydrogens is 512 g/mol. The van der Waals surface area contributed by atoms with Gasteiger partial charge in [0.25, 0.3) is 5.91 Å². The Labute approximate surface area is 226 Å². The SMILES string of the molecule is COC(=O)CCNC(=O)CNC(=O)c1cc(C#N)cc(N=C(NC(=O)OC(C)(C)C)NC(=O)OC(C)(C)C)c1. The third kappa shape index (κ3) is 14.0. The number of alkyl carbamates (subject to hydrolysis) is 2. The van der Waals surface area contributed by atoms with Crippen molar-refractivity contribution in [1.82, 2.24) is 21.3 Å². The van der Waals surface area contributed by atoms with Crippen LogP contribution in [0.25, 0.3) is 0 Å². The third-order valence-corrected chi connectivity index (χ3v) is 4.08. The molecule has 0 aromatic heterocycles. The highest BCUT2D eigenvalue weighted by Gasteiger charge is 2.22. The van der Waals surface area contributed by atoms with Gasteiger partial charge in [-0.3, -0.25) is 25.0 Å². The van der Waals surface area contributed by atoms with Gasteiger partial charge in [0.1, 0.15) is 11.2 Å². The molecule has 4 amide bonds. The molecule has 1 aromatic rings. The molecule has 0 heterocycles. The van der Waals surface area contributed by atoms with Crippen LogP contribution in [-0.4, -0.2) is 67.3 Å². The number of benzene rings is 1. The first-order chi connectivity index (χ1) is 18.0. The van der Waals surface area contributed by atoms with Crippen LogP contribution in [-0.2, 0) is 23.8 Å². The number of nitrogens with zero attached hydrogens (tertiary/aromatic N) is 2. The van der Waals surface area contributed by atoms with Crippen molar-refractivity contribution < 1.29 is 38.2 Å². The first kappa shape index (κ1) is 32.4. The summed E-state index contributed by atoms with van der Waals surface area (Å²) in [5.74, 6) is -2.13. The van der Waals surface area contributed by atoms with E-state index in [1.807, 2.05) is 6.07 Å². The Hall–Kier alpha value is -4.67. The van der Waals surface area contributed by atoms with Crippen molar-refractivity contribution in [3.05, 3.63) is 29.3 Å². The Morgan fingerprint density at radius 2 is 1.46 bits per heavy atom. The first-order valence-corrected chi connectivity index (χ1v) is 11.8. The summed E-state index contributed by atoms with van der Waals surface area (Å²) in [4.78, 5) is 64.5. The number of carbonyl (C=O) groups excluding carboxylic acids is 5. The summed E-state index contributed by atoms with van der Waals surface area (Å²) in [5, 5.41) is 18.9. The minimum Gasteiger partial charge on any atom is -0.469 e. The normalized spacial score (nSPS) is 10.7. The summed E-state index contributed by atoms with van der Waals surface area (Å²) in [7, 11) is 1.22. The highest BCUT2D eigenvalue weighted by atomic mass is 16.6. The number of ether oxygens (including phenoxy) is 3. The zero-order chi connectivity index (χ0) is 29.8. The topological polar surface area (TPSA) is 197 Å². The van der Waals surface area contributed by atoms with Gasteiger partial charge in [0.05, 0.1) is 37.4 Å². The molecule has 14 nitrogen and oxygen atoms in total. The largest absolute Gasteiger partial charge is 0.469 e. The Balaban J connectivity index is 3.14. The molecule has 0 atom stereocenters. The lowest BCUT2D eigenvalue weighted by Crippen LogP contribution is -2.47. The summed E-state index contributed by atoms with van der Waals surface area (Å²) in [6.07, 6.45) is -1.88. The molecule has 0 unspecified atom stereocenters. The molecule has 212 valence electrons. The number of hydrogen-bond donors (Lipinski definition) is 4. The van der Waals surface area contributed by atoms with E-state index >= 15 is 0 Å². The quantitative estimate of drug-likeness (QED) is 0.171. The van der Waals surface area contributed by atoms with Crippen molar-refractivity contribution in [3.63, 3.8) is 0 Å². The lowest BCUT2D eigenvalue weighted by molar-refractivity contribution is -0.140. The van der Waals surface area contributed by atoms with Crippen molar-refractivity contribution in [2.75, 3.05) is 20.2 Å². The molecule has 0 aliphatic carbocycles. The zero-order valence-electron chi connectivity index (χ0n) is 23.0. The molecule has 1 rings (SSSR count). The van der Waals surface area contributed by atoms with E-state index in [9.17, 15) is 29.2 Å². The van der Waals surface area contributed by atoms with Gasteiger partial charge in [0, 0.05) is 12.1 Å². The molecule has 14 heteroatoms. The maximum Gasteiger partial charge on any atom is 0.414 e. The van der Waals surface area contributed by atoms with Gasteiger partial charge < -0.3 is 24.8 Å². The Bertz CT molecular complexity index is 1130. The number of carbonyl (C=O) groups is 5. The maximum absolute atomic E-state index is 12.6. The molecule has 1 aromatic carbocycles. The van der Waals surface area contributed by atoms with Crippen LogP contribution >= 0.6 is 0 Å². The number of amides is 4. The zero-order valence-corrected chi connectivity index (χ0v) is 23.0. The molecule has 0 fully saturated rings. The summed E-state index contributed by atoms with van der Waals surface area (Å²) in [6, 6.07) is 5.75. The smallest absolute Gasteiger partial charge is 0.414 e. The molecule has 0 aliphatic rings. The maximum atomic E-state index is 12.6. The molecule has 0 saturated carbocycles. The fourth-order valence-corrected chi connectivity index (χ4v) is 2.62. The number of rotatable bonds is 7. The van der Waals surface area contributed by atoms with E-state index in [0.29, 0.717) is 0 Å². The van der Waals surface area contributed by atoms with Crippen LogP contribution in [0, 0.1) is 11.3 Å². The average Bonchev–Trinajstić information content (AvgIpc) is 2.79. The van der Waals surface area contributed by atoms with E-state index in [-0.39, 0.29) is 35.7 Å². The first-order valence-electron chi connectivity index (χ1n) is 11.8. The number of guanidine groups is 1. The van der Waals surface area contributed by atoms with Gasteiger partial charge in [-0.15, -0.1) is 0 Å². The van der Waals surface area contributed by atoms with E-state index in [0.717, 1.165) is 0 Å². The number of esters is 1. The predicted octanol–water partition coefficient (Wildman–Crippen LogP) is 2.00. The van der Waals surface area contributed by atoms with E-state index in [4.69, 9.17) is 9.47 Å². The fourth-order valence-electron chi connectivity index (χ4n) is 2.62. The van der Waals surface area contributed by atoms with Crippen LogP contribution in [0.1, 0.15) is 63.9 Å². The predicted molar refractivity (Wildman–Crippen MR) is 139 cm³/mol. The molecule has 0 spiro atoms. The van der Waals surface area contributed by atoms with Crippen LogP contribution < -0.4 is 21.3 Å². The van der Waals surface area contributed by atoms with Crippen LogP contribution in [0.3, 0.4) is 0 Å². The summed E-state index contributed by atoms with van der Waals surface area (Å²) in [5.41, 5.74) is -1.66. The Morgan fingerprint density at radius 1 is 0.897 bits per heavy atom. The number of methoxy groups -OCH3 is 1. The Kier molecular flexibility index (Phi) is 11.9. The standard InChI is InChI=1S/C25H34N6O8/c1-24(2,3)38-22(35)30-21(31-23(36)39-25(4,5)6)29-17-11-15(13-26)10-16(12-17)20(34)28-14-18(32)27-9-8-19(33)37-7/h10-12H,8-9,14H2,1-7H3,(H,27,32)(H,28,34)(H2,29,30,31,35,36). The third-order valence-electron chi connectivity index (χ3n) is 4.08. The van der Waals surface area contributed by atoms with Crippen molar-refractivity contribution in [2.45, 2.75) is 59.2 Å². The molecule has 0 radical (unpaired) electrons. The highest BCUT2D eigenvalue weighted by molar-refractivity contribution is 6.03. The van der Waals surface area contributed by atoms with E-state index < -0.39 is 47.7 Å². The second kappa shape index (κ2) is 14.3. The summed E-state index contributed by atoms with van der Waals surface area (Å²) < 4.78 is 14.9. The fraction of sp³-hybridized carbons (Fsp3) is 0.480. The summed E-state index contributed by atoms with van der Waals surface area (Å²) >= 11 is 0. The van der Waals surface area contributed by atoms with Crippen LogP contribution in [0.5, 0.6) is 0 Å². The van der Waals surface area contributed by atoms with E-state index in [1.165, 1.54) is 25.3 Å². The van der Waals surface area contributed by atoms with Gasteiger partial charge >= 0.3 is 18.2 Å². The monoisotopic (exact) mass is 546 g/mol. The molecule has 4 N–H and O–H groups in total. The van der Waals surface area contributed by atoms with Crippen LogP contribution in [0.4, 0.5) is 15.3 Å². The minimum absolute atomic E-state index is 0.0175. The van der Waals surface area contributed by atoms with E-state index in [2.05, 4.69) is 31.0 Å². The van der Waals surface area contributed by atoms with Crippen molar-refractivity contribution in [3.8, 4) is 6.07 Å². The lowest BCUT2D eigenvalue weighted by Gasteiger charge is -2.22. The highest BCUT2D eigenvalue weighted by Crippen LogP contribution is 2.18. The molecule has 0 bridgehead atoms. The van der Waals surface area contributed by atoms with Gasteiger partial charge in [-0.2, -0.15) is 5.26 Å². The minimum atomic E-state index is -0.926. The van der Waals surface area contributed by atoms with E-state index in [1.54, 1.807) is 41.5 Å². The second-order valence-electron chi connectivity index (χ2n) is 9.95. The summed E-state index contributed by atoms with van der Waals surface area (Å²) in [6.45, 7) is 9.49. The van der Waals surface area contributed by atoms with Crippen molar-refractivity contribution in [1.29, 1.82) is 5.26 Å². The number of aliphatic imine (C=N–C) groups is 1. The number of nitrogens with one attached hydrogen (secondary N) is 4. The van der Waals surface area contributed by atoms with Gasteiger partial charge in [0.15, 0.2) is 0 Å². The van der Waals surface area contributed by atoms with Gasteiger partial charge in [-0.05, 0) is 59.7 Å². The van der Waals surface area contributed by atoms with Crippen LogP contribution in [0.15, 0.2) is 23.2 Å². The van der Waals surface area contributed by atoms with Gasteiger partial charge in [-0.25, -0.2) is 14.6 Å². The average molecular weight is 547 g/mol. The van der Waals surface area contributed by atoms with Crippen molar-refractivity contribution in [2.24, 2.45) is 4.99 Å². The van der Waals surface area contributed by atoms with Gasteiger partial charge in [-0.1, -0.05) is 0 Å². The van der Waals surface area contributed by atoms with Crippen LogP contribution in [0.2, 0.25) is 0 Å². The molecular formula is C25H34N6O8. The molecule has 39 heavy (non-hydrogen) atoms. The molecule has 0 aliphatic heterocycles. The van der Waals surface area contributed by atoms with Crippen molar-refractivity contribution >= 4 is 41.6 Å². The number of hydrogen-bond acceptors (Lipinski definition) is 10. The second-order valence-corrected chi connectivity index (χ2v) is 9.95. The lowest BCUT2D eigenvalue weighted by atomic mass is 10.1. The Morgan fingerprint density at radius 3 is 1.95 bits per heavy atom.